The van der Waals surface area contributed by atoms with Gasteiger partial charge < -0.3 is 4.48 Å². The first-order valence-electron chi connectivity index (χ1n) is 15.6. The van der Waals surface area contributed by atoms with E-state index in [0.29, 0.717) is 0 Å². The molecule has 0 aliphatic rings. The minimum atomic E-state index is 1.11. The Kier molecular flexibility index (Phi) is 25.8. The molecule has 1 heteroatoms. The van der Waals surface area contributed by atoms with E-state index >= 15 is 0 Å². The average molecular weight is 463 g/mol. The van der Waals surface area contributed by atoms with Gasteiger partial charge >= 0.3 is 0 Å². The Morgan fingerprint density at radius 3 is 1.09 bits per heavy atom. The van der Waals surface area contributed by atoms with Gasteiger partial charge in [-0.15, -0.1) is 0 Å². The van der Waals surface area contributed by atoms with Crippen LogP contribution < -0.4 is 0 Å². The van der Waals surface area contributed by atoms with Gasteiger partial charge in [-0.3, -0.25) is 0 Å². The Morgan fingerprint density at radius 1 is 0.364 bits per heavy atom. The molecule has 0 fully saturated rings. The molecule has 0 saturated heterocycles. The van der Waals surface area contributed by atoms with Gasteiger partial charge in [0.05, 0.1) is 19.6 Å². The van der Waals surface area contributed by atoms with E-state index in [2.05, 4.69) is 39.5 Å². The predicted octanol–water partition coefficient (Wildman–Crippen LogP) is 10.5. The van der Waals surface area contributed by atoms with E-state index < -0.39 is 0 Å². The zero-order valence-corrected chi connectivity index (χ0v) is 23.8. The van der Waals surface area contributed by atoms with E-state index in [1.165, 1.54) is 159 Å². The third-order valence-corrected chi connectivity index (χ3v) is 7.40. The van der Waals surface area contributed by atoms with Crippen molar-refractivity contribution in [2.24, 2.45) is 0 Å². The minimum Gasteiger partial charge on any atom is -0.314 e. The van der Waals surface area contributed by atoms with E-state index in [1.54, 1.807) is 0 Å². The van der Waals surface area contributed by atoms with Crippen LogP contribution in [-0.4, -0.2) is 30.7 Å². The van der Waals surface area contributed by atoms with Gasteiger partial charge in [0.15, 0.2) is 0 Å². The SMILES string of the molecule is CCCCCC#CC[N+](CCCCCCCC)(CCCCCCCC)CCCCCCCC. The van der Waals surface area contributed by atoms with Gasteiger partial charge in [-0.2, -0.15) is 0 Å². The third-order valence-electron chi connectivity index (χ3n) is 7.40. The lowest BCUT2D eigenvalue weighted by Gasteiger charge is -2.38. The Hall–Kier alpha value is -0.480. The zero-order chi connectivity index (χ0) is 24.3. The normalized spacial score (nSPS) is 11.5. The monoisotopic (exact) mass is 463 g/mol. The molecule has 0 aromatic heterocycles. The Balaban J connectivity index is 4.88. The first kappa shape index (κ1) is 32.5. The van der Waals surface area contributed by atoms with Crippen molar-refractivity contribution < 1.29 is 4.48 Å². The molecule has 196 valence electrons. The maximum Gasteiger partial charge on any atom is 0.140 e. The molecule has 0 saturated carbocycles. The third kappa shape index (κ3) is 21.8. The molecule has 0 heterocycles. The fourth-order valence-electron chi connectivity index (χ4n) is 5.03. The van der Waals surface area contributed by atoms with Crippen LogP contribution in [0.15, 0.2) is 0 Å². The summed E-state index contributed by atoms with van der Waals surface area (Å²) in [6.45, 7) is 14.5. The predicted molar refractivity (Wildman–Crippen MR) is 152 cm³/mol. The first-order chi connectivity index (χ1) is 16.2. The molecule has 33 heavy (non-hydrogen) atoms. The summed E-state index contributed by atoms with van der Waals surface area (Å²) in [6, 6.07) is 0. The zero-order valence-electron chi connectivity index (χ0n) is 23.8. The number of hydrogen-bond donors (Lipinski definition) is 0. The van der Waals surface area contributed by atoms with Crippen LogP contribution in [0.25, 0.3) is 0 Å². The van der Waals surface area contributed by atoms with Crippen molar-refractivity contribution in [1.29, 1.82) is 0 Å². The van der Waals surface area contributed by atoms with Gasteiger partial charge in [-0.05, 0) is 50.9 Å². The maximum atomic E-state index is 3.69. The summed E-state index contributed by atoms with van der Waals surface area (Å²) in [6.07, 6.45) is 30.4. The number of unbranched alkanes of at least 4 members (excludes halogenated alkanes) is 18. The summed E-state index contributed by atoms with van der Waals surface area (Å²) in [7, 11) is 0. The summed E-state index contributed by atoms with van der Waals surface area (Å²) < 4.78 is 1.30. The molecule has 0 aliphatic heterocycles. The largest absolute Gasteiger partial charge is 0.314 e. The van der Waals surface area contributed by atoms with Crippen LogP contribution in [0.5, 0.6) is 0 Å². The molecule has 0 aliphatic carbocycles. The van der Waals surface area contributed by atoms with Gasteiger partial charge in [0.25, 0.3) is 0 Å². The van der Waals surface area contributed by atoms with E-state index in [0.717, 1.165) is 13.0 Å². The van der Waals surface area contributed by atoms with Crippen LogP contribution in [0.3, 0.4) is 0 Å². The Morgan fingerprint density at radius 2 is 0.697 bits per heavy atom. The second-order valence-electron chi connectivity index (χ2n) is 10.8. The van der Waals surface area contributed by atoms with E-state index in [9.17, 15) is 0 Å². The lowest BCUT2D eigenvalue weighted by atomic mass is 10.1. The highest BCUT2D eigenvalue weighted by molar-refractivity contribution is 4.99. The number of nitrogens with zero attached hydrogens (tertiary/aromatic N) is 1. The quantitative estimate of drug-likeness (QED) is 0.0718. The van der Waals surface area contributed by atoms with Gasteiger partial charge in [0.2, 0.25) is 0 Å². The van der Waals surface area contributed by atoms with Crippen LogP contribution in [0.4, 0.5) is 0 Å². The van der Waals surface area contributed by atoms with Crippen LogP contribution in [0.1, 0.15) is 169 Å². The topological polar surface area (TPSA) is 0 Å². The van der Waals surface area contributed by atoms with Crippen molar-refractivity contribution in [2.75, 3.05) is 26.2 Å². The van der Waals surface area contributed by atoms with E-state index in [4.69, 9.17) is 0 Å². The summed E-state index contributed by atoms with van der Waals surface area (Å²) in [5.41, 5.74) is 0. The number of rotatable bonds is 25. The van der Waals surface area contributed by atoms with Crippen molar-refractivity contribution in [3.05, 3.63) is 0 Å². The highest BCUT2D eigenvalue weighted by Gasteiger charge is 2.25. The second kappa shape index (κ2) is 26.1. The highest BCUT2D eigenvalue weighted by atomic mass is 15.3. The van der Waals surface area contributed by atoms with E-state index in [-0.39, 0.29) is 0 Å². The molecule has 1 nitrogen and oxygen atoms in total. The molecule has 0 aromatic rings. The lowest BCUT2D eigenvalue weighted by Crippen LogP contribution is -2.50. The molecule has 0 amide bonds. The van der Waals surface area contributed by atoms with Crippen LogP contribution in [0, 0.1) is 11.8 Å². The van der Waals surface area contributed by atoms with Crippen molar-refractivity contribution in [3.63, 3.8) is 0 Å². The van der Waals surface area contributed by atoms with Gasteiger partial charge in [-0.25, -0.2) is 0 Å². The molecule has 0 atom stereocenters. The summed E-state index contributed by atoms with van der Waals surface area (Å²) >= 11 is 0. The molecule has 0 aromatic carbocycles. The van der Waals surface area contributed by atoms with Crippen molar-refractivity contribution >= 4 is 0 Å². The highest BCUT2D eigenvalue weighted by Crippen LogP contribution is 2.18. The molecular weight excluding hydrogens is 398 g/mol. The van der Waals surface area contributed by atoms with Crippen molar-refractivity contribution in [1.82, 2.24) is 0 Å². The van der Waals surface area contributed by atoms with Gasteiger partial charge in [-0.1, -0.05) is 124 Å². The molecule has 0 rings (SSSR count). The van der Waals surface area contributed by atoms with Gasteiger partial charge in [0, 0.05) is 6.42 Å². The lowest BCUT2D eigenvalue weighted by molar-refractivity contribution is -0.922. The molecule has 0 bridgehead atoms. The van der Waals surface area contributed by atoms with Crippen LogP contribution >= 0.6 is 0 Å². The number of hydrogen-bond acceptors (Lipinski definition) is 0. The smallest absolute Gasteiger partial charge is 0.140 e. The van der Waals surface area contributed by atoms with Crippen molar-refractivity contribution in [2.45, 2.75) is 169 Å². The van der Waals surface area contributed by atoms with Gasteiger partial charge in [0.1, 0.15) is 6.54 Å². The minimum absolute atomic E-state index is 1.11. The maximum absolute atomic E-state index is 3.69. The molecule has 0 radical (unpaired) electrons. The first-order valence-corrected chi connectivity index (χ1v) is 15.6. The molecular formula is C32H64N+. The van der Waals surface area contributed by atoms with E-state index in [1.807, 2.05) is 0 Å². The summed E-state index contributed by atoms with van der Waals surface area (Å²) in [4.78, 5) is 0. The number of quaternary nitrogens is 1. The second-order valence-corrected chi connectivity index (χ2v) is 10.8. The Bertz CT molecular complexity index is 389. The fourth-order valence-corrected chi connectivity index (χ4v) is 5.03. The average Bonchev–Trinajstić information content (AvgIpc) is 2.83. The summed E-state index contributed by atoms with van der Waals surface area (Å²) in [5.74, 6) is 7.26. The summed E-state index contributed by atoms with van der Waals surface area (Å²) in [5, 5.41) is 0. The standard InChI is InChI=1S/C32H64N/c1-5-9-13-17-21-25-29-33(30-26-22-18-14-10-6-2,31-27-23-19-15-11-7-3)32-28-24-20-16-12-8-4/h5-23,25-27,29-32H2,1-4H3/q+1. The Labute approximate surface area is 211 Å². The fraction of sp³-hybridized carbons (Fsp3) is 0.938. The molecule has 0 N–H and O–H groups in total. The molecule has 0 unspecified atom stereocenters. The van der Waals surface area contributed by atoms with Crippen LogP contribution in [-0.2, 0) is 0 Å². The molecule has 0 spiro atoms. The van der Waals surface area contributed by atoms with Crippen molar-refractivity contribution in [3.8, 4) is 11.8 Å². The van der Waals surface area contributed by atoms with Crippen LogP contribution in [0.2, 0.25) is 0 Å².